The monoisotopic (exact) mass is 263 g/mol. The van der Waals surface area contributed by atoms with E-state index in [9.17, 15) is 13.6 Å². The van der Waals surface area contributed by atoms with E-state index in [1.54, 1.807) is 6.07 Å². The first-order valence-electron chi connectivity index (χ1n) is 5.57. The number of esters is 1. The number of benzene rings is 1. The van der Waals surface area contributed by atoms with E-state index in [2.05, 4.69) is 9.72 Å². The second-order valence-electron chi connectivity index (χ2n) is 3.94. The Hall–Kier alpha value is -2.30. The van der Waals surface area contributed by atoms with Crippen molar-refractivity contribution < 1.29 is 18.3 Å². The number of halogens is 2. The lowest BCUT2D eigenvalue weighted by Gasteiger charge is -2.08. The summed E-state index contributed by atoms with van der Waals surface area (Å²) in [6, 6.07) is 4.80. The smallest absolute Gasteiger partial charge is 0.339 e. The summed E-state index contributed by atoms with van der Waals surface area (Å²) in [4.78, 5) is 15.4. The van der Waals surface area contributed by atoms with Crippen molar-refractivity contribution in [1.29, 1.82) is 0 Å². The Kier molecular flexibility index (Phi) is 3.85. The van der Waals surface area contributed by atoms with Crippen molar-refractivity contribution in [1.82, 2.24) is 4.98 Å². The maximum atomic E-state index is 13.6. The van der Waals surface area contributed by atoms with Gasteiger partial charge in [-0.05, 0) is 35.4 Å². The lowest BCUT2D eigenvalue weighted by atomic mass is 10.0. The van der Waals surface area contributed by atoms with E-state index in [0.29, 0.717) is 5.56 Å². The minimum absolute atomic E-state index is 0.0938. The van der Waals surface area contributed by atoms with Gasteiger partial charge in [0.05, 0.1) is 12.7 Å². The normalized spacial score (nSPS) is 10.3. The molecule has 3 nitrogen and oxygen atoms in total. The molecule has 0 unspecified atom stereocenters. The van der Waals surface area contributed by atoms with E-state index in [4.69, 9.17) is 0 Å². The van der Waals surface area contributed by atoms with Crippen molar-refractivity contribution in [2.45, 2.75) is 6.42 Å². The van der Waals surface area contributed by atoms with Crippen LogP contribution in [-0.2, 0) is 11.2 Å². The Balaban J connectivity index is 2.38. The molecule has 98 valence electrons. The minimum atomic E-state index is -0.556. The first-order chi connectivity index (χ1) is 9.11. The van der Waals surface area contributed by atoms with Gasteiger partial charge < -0.3 is 4.74 Å². The molecule has 0 radical (unpaired) electrons. The van der Waals surface area contributed by atoms with Gasteiger partial charge in [0, 0.05) is 18.8 Å². The number of hydrogen-bond donors (Lipinski definition) is 0. The molecule has 2 aromatic rings. The number of carbonyl (C=O) groups excluding carboxylic acids is 1. The van der Waals surface area contributed by atoms with E-state index in [-0.39, 0.29) is 17.5 Å². The van der Waals surface area contributed by atoms with Crippen molar-refractivity contribution in [2.24, 2.45) is 0 Å². The zero-order valence-electron chi connectivity index (χ0n) is 10.2. The molecule has 0 N–H and O–H groups in total. The van der Waals surface area contributed by atoms with Crippen LogP contribution in [-0.4, -0.2) is 18.1 Å². The van der Waals surface area contributed by atoms with Crippen LogP contribution in [0.15, 0.2) is 36.7 Å². The van der Waals surface area contributed by atoms with Crippen LogP contribution in [0.4, 0.5) is 8.78 Å². The first-order valence-corrected chi connectivity index (χ1v) is 5.57. The molecule has 5 heteroatoms. The number of nitrogens with zero attached hydrogens (tertiary/aromatic N) is 1. The third-order valence-electron chi connectivity index (χ3n) is 2.71. The van der Waals surface area contributed by atoms with Gasteiger partial charge >= 0.3 is 5.97 Å². The van der Waals surface area contributed by atoms with Gasteiger partial charge in [-0.15, -0.1) is 0 Å². The van der Waals surface area contributed by atoms with Crippen molar-refractivity contribution >= 4 is 5.97 Å². The van der Waals surface area contributed by atoms with Gasteiger partial charge in [0.15, 0.2) is 0 Å². The van der Waals surface area contributed by atoms with E-state index < -0.39 is 17.6 Å². The third kappa shape index (κ3) is 2.93. The average molecular weight is 263 g/mol. The van der Waals surface area contributed by atoms with Gasteiger partial charge in [0.2, 0.25) is 0 Å². The molecule has 0 saturated carbocycles. The number of pyridine rings is 1. The lowest BCUT2D eigenvalue weighted by molar-refractivity contribution is 0.0599. The largest absolute Gasteiger partial charge is 0.465 e. The summed E-state index contributed by atoms with van der Waals surface area (Å²) in [5, 5.41) is 0. The zero-order chi connectivity index (χ0) is 13.8. The number of hydrogen-bond acceptors (Lipinski definition) is 3. The van der Waals surface area contributed by atoms with E-state index in [0.717, 1.165) is 18.2 Å². The molecule has 1 aromatic carbocycles. The van der Waals surface area contributed by atoms with Crippen LogP contribution in [0.2, 0.25) is 0 Å². The fourth-order valence-corrected chi connectivity index (χ4v) is 1.76. The molecule has 0 spiro atoms. The topological polar surface area (TPSA) is 39.2 Å². The lowest BCUT2D eigenvalue weighted by Crippen LogP contribution is -2.07. The molecule has 1 heterocycles. The number of ether oxygens (including phenoxy) is 1. The van der Waals surface area contributed by atoms with Crippen molar-refractivity contribution in [3.63, 3.8) is 0 Å². The molecule has 0 aliphatic rings. The van der Waals surface area contributed by atoms with Gasteiger partial charge in [-0.3, -0.25) is 4.98 Å². The van der Waals surface area contributed by atoms with Crippen molar-refractivity contribution in [3.05, 3.63) is 65.0 Å². The van der Waals surface area contributed by atoms with E-state index >= 15 is 0 Å². The van der Waals surface area contributed by atoms with Gasteiger partial charge in [-0.2, -0.15) is 0 Å². The Morgan fingerprint density at radius 3 is 2.79 bits per heavy atom. The molecule has 0 atom stereocenters. The standard InChI is InChI=1S/C14H11F2NO2/c1-19-14(18)12-8-17-5-4-9(12)6-10-7-11(15)2-3-13(10)16/h2-5,7-8H,6H2,1H3. The molecular formula is C14H11F2NO2. The van der Waals surface area contributed by atoms with Crippen LogP contribution in [0, 0.1) is 11.6 Å². The molecule has 0 aliphatic carbocycles. The van der Waals surface area contributed by atoms with Gasteiger partial charge in [-0.1, -0.05) is 0 Å². The maximum absolute atomic E-state index is 13.6. The summed E-state index contributed by atoms with van der Waals surface area (Å²) in [7, 11) is 1.25. The predicted octanol–water partition coefficient (Wildman–Crippen LogP) is 2.74. The average Bonchev–Trinajstić information content (AvgIpc) is 2.42. The fraction of sp³-hybridized carbons (Fsp3) is 0.143. The van der Waals surface area contributed by atoms with Crippen LogP contribution < -0.4 is 0 Å². The molecule has 19 heavy (non-hydrogen) atoms. The first kappa shape index (κ1) is 13.1. The number of aromatic nitrogens is 1. The van der Waals surface area contributed by atoms with Gasteiger partial charge in [-0.25, -0.2) is 13.6 Å². The number of rotatable bonds is 3. The highest BCUT2D eigenvalue weighted by Gasteiger charge is 2.14. The van der Waals surface area contributed by atoms with Crippen LogP contribution in [0.25, 0.3) is 0 Å². The third-order valence-corrected chi connectivity index (χ3v) is 2.71. The summed E-state index contributed by atoms with van der Waals surface area (Å²) in [5.41, 5.74) is 0.955. The second-order valence-corrected chi connectivity index (χ2v) is 3.94. The molecule has 0 fully saturated rings. The number of carbonyl (C=O) groups is 1. The van der Waals surface area contributed by atoms with Gasteiger partial charge in [0.1, 0.15) is 11.6 Å². The summed E-state index contributed by atoms with van der Waals surface area (Å²) >= 11 is 0. The summed E-state index contributed by atoms with van der Waals surface area (Å²) in [6.45, 7) is 0. The Bertz CT molecular complexity index is 614. The van der Waals surface area contributed by atoms with Crippen molar-refractivity contribution in [3.8, 4) is 0 Å². The molecule has 0 aliphatic heterocycles. The second kappa shape index (κ2) is 5.56. The summed E-state index contributed by atoms with van der Waals surface area (Å²) < 4.78 is 31.3. The predicted molar refractivity (Wildman–Crippen MR) is 64.7 cm³/mol. The molecule has 0 amide bonds. The number of methoxy groups -OCH3 is 1. The zero-order valence-corrected chi connectivity index (χ0v) is 10.2. The van der Waals surface area contributed by atoms with E-state index in [1.165, 1.54) is 19.5 Å². The molecule has 1 aromatic heterocycles. The fourth-order valence-electron chi connectivity index (χ4n) is 1.76. The van der Waals surface area contributed by atoms with Crippen LogP contribution in [0.3, 0.4) is 0 Å². The maximum Gasteiger partial charge on any atom is 0.339 e. The van der Waals surface area contributed by atoms with Crippen LogP contribution in [0.1, 0.15) is 21.5 Å². The Morgan fingerprint density at radius 1 is 1.26 bits per heavy atom. The summed E-state index contributed by atoms with van der Waals surface area (Å²) in [5.74, 6) is -1.60. The minimum Gasteiger partial charge on any atom is -0.465 e. The van der Waals surface area contributed by atoms with E-state index in [1.807, 2.05) is 0 Å². The molecular weight excluding hydrogens is 252 g/mol. The SMILES string of the molecule is COC(=O)c1cnccc1Cc1cc(F)ccc1F. The molecule has 0 saturated heterocycles. The van der Waals surface area contributed by atoms with Crippen LogP contribution >= 0.6 is 0 Å². The molecule has 2 rings (SSSR count). The summed E-state index contributed by atoms with van der Waals surface area (Å²) in [6.07, 6.45) is 2.92. The van der Waals surface area contributed by atoms with Crippen molar-refractivity contribution in [2.75, 3.05) is 7.11 Å². The quantitative estimate of drug-likeness (QED) is 0.799. The highest BCUT2D eigenvalue weighted by Crippen LogP contribution is 2.17. The van der Waals surface area contributed by atoms with Gasteiger partial charge in [0.25, 0.3) is 0 Å². The highest BCUT2D eigenvalue weighted by molar-refractivity contribution is 5.90. The Morgan fingerprint density at radius 2 is 2.05 bits per heavy atom. The van der Waals surface area contributed by atoms with Crippen LogP contribution in [0.5, 0.6) is 0 Å². The Labute approximate surface area is 108 Å². The molecule has 0 bridgehead atoms. The highest BCUT2D eigenvalue weighted by atomic mass is 19.1.